The van der Waals surface area contributed by atoms with Gasteiger partial charge in [-0.3, -0.25) is 28.5 Å². The number of aliphatic hydroxyl groups is 1. The average molecular weight is 1050 g/mol. The third-order valence-electron chi connectivity index (χ3n) is 13.0. The molecule has 0 aromatic carbocycles. The van der Waals surface area contributed by atoms with E-state index in [1.165, 1.54) is 96.3 Å². The fourth-order valence-corrected chi connectivity index (χ4v) is 9.01. The summed E-state index contributed by atoms with van der Waals surface area (Å²) in [4.78, 5) is 94.9. The van der Waals surface area contributed by atoms with Crippen molar-refractivity contribution >= 4 is 43.8 Å². The number of carbonyl (C=O) groups excluding carboxylic acids is 6. The van der Waals surface area contributed by atoms with Gasteiger partial charge in [-0.2, -0.15) is 0 Å². The van der Waals surface area contributed by atoms with E-state index >= 15 is 0 Å². The summed E-state index contributed by atoms with van der Waals surface area (Å²) in [6.45, 7) is 6.01. The number of hydrogen-bond acceptors (Lipinski definition) is 11. The number of phosphoric acid groups is 1. The molecular formula is C55H104N3O13P. The number of esters is 2. The highest BCUT2D eigenvalue weighted by Gasteiger charge is 2.25. The number of hydrogen-bond donors (Lipinski definition) is 6. The van der Waals surface area contributed by atoms with Gasteiger partial charge in [-0.05, 0) is 51.4 Å². The van der Waals surface area contributed by atoms with Crippen molar-refractivity contribution in [3.63, 3.8) is 0 Å². The quantitative estimate of drug-likeness (QED) is 0.0144. The van der Waals surface area contributed by atoms with Gasteiger partial charge in [-0.1, -0.05) is 181 Å². The van der Waals surface area contributed by atoms with Crippen molar-refractivity contribution in [2.24, 2.45) is 0 Å². The van der Waals surface area contributed by atoms with Crippen LogP contribution >= 0.6 is 7.82 Å². The molecule has 6 N–H and O–H groups in total. The molecule has 0 rings (SSSR count). The van der Waals surface area contributed by atoms with Crippen molar-refractivity contribution in [3.05, 3.63) is 0 Å². The second-order valence-electron chi connectivity index (χ2n) is 20.0. The van der Waals surface area contributed by atoms with Crippen LogP contribution in [0.15, 0.2) is 0 Å². The molecular weight excluding hydrogens is 942 g/mol. The minimum atomic E-state index is -4.85. The van der Waals surface area contributed by atoms with E-state index in [-0.39, 0.29) is 57.1 Å². The fourth-order valence-electron chi connectivity index (χ4n) is 8.66. The Morgan fingerprint density at radius 2 is 1.01 bits per heavy atom. The second-order valence-corrected chi connectivity index (χ2v) is 21.3. The standard InChI is InChI=1S/C55H104N3O13P/c1-4-7-10-13-16-19-22-25-29-36-48(60)44-51(61)58-50(40-43-70-72(66,67)68)55(65)56-41-34-35-47(46-69-53(63)38-32-28-33-42-59)57-52(62)45-49(37-30-26-23-20-17-14-11-8-5-2)71-54(64)39-31-27-24-21-18-15-12-9-6-3/h42,47-50,60H,4-41,43-46H2,1-3H3,(H,56,65)(H,57,62)(H,58,61)(H2,66,67,68)/t47-,48-,49-,50?/m1/s1. The van der Waals surface area contributed by atoms with Gasteiger partial charge in [0.15, 0.2) is 0 Å². The van der Waals surface area contributed by atoms with E-state index in [1.807, 2.05) is 0 Å². The molecule has 0 bridgehead atoms. The van der Waals surface area contributed by atoms with E-state index < -0.39 is 56.5 Å². The number of amides is 3. The van der Waals surface area contributed by atoms with Crippen LogP contribution < -0.4 is 16.0 Å². The van der Waals surface area contributed by atoms with Crippen LogP contribution in [0.4, 0.5) is 0 Å². The number of aliphatic hydroxyl groups excluding tert-OH is 1. The van der Waals surface area contributed by atoms with Gasteiger partial charge in [0.25, 0.3) is 0 Å². The number of unbranched alkanes of at least 4 members (excludes halogenated alkanes) is 26. The summed E-state index contributed by atoms with van der Waals surface area (Å²) in [5, 5.41) is 18.8. The molecule has 0 aromatic heterocycles. The maximum Gasteiger partial charge on any atom is 0.469 e. The van der Waals surface area contributed by atoms with E-state index in [1.54, 1.807) is 0 Å². The average Bonchev–Trinajstić information content (AvgIpc) is 3.33. The van der Waals surface area contributed by atoms with Crippen LogP contribution in [-0.2, 0) is 47.3 Å². The summed E-state index contributed by atoms with van der Waals surface area (Å²) in [7, 11) is -4.85. The Morgan fingerprint density at radius 1 is 0.542 bits per heavy atom. The van der Waals surface area contributed by atoms with Gasteiger partial charge in [-0.15, -0.1) is 0 Å². The summed E-state index contributed by atoms with van der Waals surface area (Å²) in [6.07, 6.45) is 32.4. The maximum atomic E-state index is 13.7. The second kappa shape index (κ2) is 49.0. The van der Waals surface area contributed by atoms with E-state index in [9.17, 15) is 48.2 Å². The van der Waals surface area contributed by atoms with E-state index in [2.05, 4.69) is 41.2 Å². The van der Waals surface area contributed by atoms with Crippen molar-refractivity contribution < 1.29 is 62.2 Å². The highest BCUT2D eigenvalue weighted by atomic mass is 31.2. The summed E-state index contributed by atoms with van der Waals surface area (Å²) in [5.74, 6) is -2.37. The molecule has 16 nitrogen and oxygen atoms in total. The third kappa shape index (κ3) is 46.8. The SMILES string of the molecule is CCCCCCCCCCCC(=O)O[C@H](CCCCCCCCCCC)CC(=O)N[C@H](CCCNC(=O)C(CCOP(=O)(O)O)NC(=O)C[C@H](O)CCCCCCCCCCC)COC(=O)CCCCC=O. The van der Waals surface area contributed by atoms with Gasteiger partial charge in [0.2, 0.25) is 17.7 Å². The highest BCUT2D eigenvalue weighted by molar-refractivity contribution is 7.46. The predicted molar refractivity (Wildman–Crippen MR) is 285 cm³/mol. The lowest BCUT2D eigenvalue weighted by Gasteiger charge is -2.22. The van der Waals surface area contributed by atoms with Crippen LogP contribution in [0.3, 0.4) is 0 Å². The Balaban J connectivity index is 5.59. The molecule has 72 heavy (non-hydrogen) atoms. The molecule has 0 heterocycles. The topological polar surface area (TPSA) is 244 Å². The first-order valence-electron chi connectivity index (χ1n) is 28.8. The first kappa shape index (κ1) is 69.1. The van der Waals surface area contributed by atoms with Gasteiger partial charge in [0, 0.05) is 32.2 Å². The first-order valence-corrected chi connectivity index (χ1v) is 30.3. The molecule has 3 amide bonds. The molecule has 0 saturated heterocycles. The monoisotopic (exact) mass is 1050 g/mol. The number of carbonyl (C=O) groups is 6. The molecule has 1 unspecified atom stereocenters. The molecule has 0 aromatic rings. The van der Waals surface area contributed by atoms with Crippen LogP contribution in [0.25, 0.3) is 0 Å². The lowest BCUT2D eigenvalue weighted by molar-refractivity contribution is -0.151. The molecule has 17 heteroatoms. The van der Waals surface area contributed by atoms with E-state index in [0.29, 0.717) is 44.9 Å². The molecule has 0 aliphatic carbocycles. The third-order valence-corrected chi connectivity index (χ3v) is 13.5. The number of nitrogens with one attached hydrogen (secondary N) is 3. The van der Waals surface area contributed by atoms with Crippen molar-refractivity contribution in [3.8, 4) is 0 Å². The Morgan fingerprint density at radius 3 is 1.54 bits per heavy atom. The molecule has 0 radical (unpaired) electrons. The molecule has 0 aliphatic heterocycles. The van der Waals surface area contributed by atoms with E-state index in [0.717, 1.165) is 83.3 Å². The summed E-state index contributed by atoms with van der Waals surface area (Å²) < 4.78 is 27.4. The molecule has 422 valence electrons. The van der Waals surface area contributed by atoms with Crippen molar-refractivity contribution in [2.45, 2.75) is 295 Å². The predicted octanol–water partition coefficient (Wildman–Crippen LogP) is 11.5. The number of phosphoric ester groups is 1. The lowest BCUT2D eigenvalue weighted by Crippen LogP contribution is -2.48. The fraction of sp³-hybridized carbons (Fsp3) is 0.891. The van der Waals surface area contributed by atoms with E-state index in [4.69, 9.17) is 9.47 Å². The smallest absolute Gasteiger partial charge is 0.463 e. The van der Waals surface area contributed by atoms with Crippen LogP contribution in [0.2, 0.25) is 0 Å². The normalized spacial score (nSPS) is 13.2. The van der Waals surface area contributed by atoms with Crippen LogP contribution in [-0.4, -0.2) is 94.9 Å². The Kier molecular flexibility index (Phi) is 47.0. The Hall–Kier alpha value is -2.91. The summed E-state index contributed by atoms with van der Waals surface area (Å²) in [6, 6.07) is -1.87. The largest absolute Gasteiger partial charge is 0.469 e. The number of ether oxygens (including phenoxy) is 2. The van der Waals surface area contributed by atoms with Crippen LogP contribution in [0, 0.1) is 0 Å². The molecule has 0 aliphatic rings. The van der Waals surface area contributed by atoms with Gasteiger partial charge >= 0.3 is 19.8 Å². The van der Waals surface area contributed by atoms with Crippen molar-refractivity contribution in [1.29, 1.82) is 0 Å². The van der Waals surface area contributed by atoms with Crippen LogP contribution in [0.1, 0.15) is 271 Å². The van der Waals surface area contributed by atoms with Crippen molar-refractivity contribution in [1.82, 2.24) is 16.0 Å². The summed E-state index contributed by atoms with van der Waals surface area (Å²) >= 11 is 0. The number of aldehydes is 1. The lowest BCUT2D eigenvalue weighted by atomic mass is 10.0. The van der Waals surface area contributed by atoms with Crippen LogP contribution in [0.5, 0.6) is 0 Å². The summed E-state index contributed by atoms with van der Waals surface area (Å²) in [5.41, 5.74) is 0. The molecule has 0 spiro atoms. The van der Waals surface area contributed by atoms with Gasteiger partial charge in [0.05, 0.1) is 31.6 Å². The van der Waals surface area contributed by atoms with Crippen molar-refractivity contribution in [2.75, 3.05) is 19.8 Å². The zero-order valence-electron chi connectivity index (χ0n) is 45.5. The Labute approximate surface area is 435 Å². The molecule has 0 saturated carbocycles. The van der Waals surface area contributed by atoms with Gasteiger partial charge in [-0.25, -0.2) is 4.57 Å². The molecule has 4 atom stereocenters. The molecule has 0 fully saturated rings. The van der Waals surface area contributed by atoms with Gasteiger partial charge in [0.1, 0.15) is 25.0 Å². The highest BCUT2D eigenvalue weighted by Crippen LogP contribution is 2.35. The van der Waals surface area contributed by atoms with Gasteiger partial charge < -0.3 is 45.1 Å². The maximum absolute atomic E-state index is 13.7. The minimum Gasteiger partial charge on any atom is -0.463 e. The zero-order valence-corrected chi connectivity index (χ0v) is 46.4. The number of rotatable bonds is 53. The Bertz CT molecular complexity index is 1420. The minimum absolute atomic E-state index is 0.0562. The first-order chi connectivity index (χ1) is 34.7. The zero-order chi connectivity index (χ0) is 53.3.